The molecule has 0 aromatic heterocycles. The van der Waals surface area contributed by atoms with Gasteiger partial charge in [0.1, 0.15) is 0 Å². The van der Waals surface area contributed by atoms with Crippen LogP contribution in [0.4, 0.5) is 0 Å². The normalized spacial score (nSPS) is 22.3. The summed E-state index contributed by atoms with van der Waals surface area (Å²) in [7, 11) is 0. The summed E-state index contributed by atoms with van der Waals surface area (Å²) >= 11 is 7.68. The van der Waals surface area contributed by atoms with Crippen molar-refractivity contribution in [1.82, 2.24) is 10.2 Å². The Morgan fingerprint density at radius 3 is 2.33 bits per heavy atom. The maximum Gasteiger partial charge on any atom is 0.222 e. The molecule has 0 bridgehead atoms. The van der Waals surface area contributed by atoms with Crippen molar-refractivity contribution in [1.29, 1.82) is 0 Å². The molecule has 0 radical (unpaired) electrons. The zero-order valence-electron chi connectivity index (χ0n) is 19.0. The number of amides is 2. The Kier molecular flexibility index (Phi) is 7.37. The van der Waals surface area contributed by atoms with Gasteiger partial charge in [-0.3, -0.25) is 9.59 Å². The number of carbonyl (C=O) groups excluding carboxylic acids is 2. The van der Waals surface area contributed by atoms with E-state index in [9.17, 15) is 14.7 Å². The molecule has 0 spiro atoms. The number of halogens is 1. The largest absolute Gasteiger partial charge is 0.385 e. The van der Waals surface area contributed by atoms with Crippen molar-refractivity contribution in [3.8, 4) is 0 Å². The lowest BCUT2D eigenvalue weighted by Gasteiger charge is -2.39. The molecule has 2 N–H and O–H groups in total. The van der Waals surface area contributed by atoms with Gasteiger partial charge in [-0.25, -0.2) is 0 Å². The van der Waals surface area contributed by atoms with E-state index in [0.717, 1.165) is 18.4 Å². The monoisotopic (exact) mass is 486 g/mol. The lowest BCUT2D eigenvalue weighted by Crippen LogP contribution is -2.47. The average Bonchev–Trinajstić information content (AvgIpc) is 3.19. The molecule has 2 aromatic rings. The number of carbonyl (C=O) groups is 2. The SMILES string of the molecule is CSc1ccc(C[C@@]2(CCC(=O)N3CCC(O)(c4ccc(Cl)cc4)CC3)CCC(=O)N2)cc1. The van der Waals surface area contributed by atoms with Crippen molar-refractivity contribution in [2.45, 2.75) is 61.0 Å². The van der Waals surface area contributed by atoms with E-state index in [0.29, 0.717) is 50.2 Å². The Balaban J connectivity index is 1.35. The summed E-state index contributed by atoms with van der Waals surface area (Å²) in [5.41, 5.74) is 0.728. The van der Waals surface area contributed by atoms with Crippen LogP contribution in [0.2, 0.25) is 5.02 Å². The molecule has 2 aromatic carbocycles. The number of nitrogens with one attached hydrogen (secondary N) is 1. The molecule has 7 heteroatoms. The Morgan fingerprint density at radius 2 is 1.76 bits per heavy atom. The van der Waals surface area contributed by atoms with Crippen molar-refractivity contribution in [2.75, 3.05) is 19.3 Å². The van der Waals surface area contributed by atoms with Crippen molar-refractivity contribution in [2.24, 2.45) is 0 Å². The number of rotatable bonds is 7. The van der Waals surface area contributed by atoms with Gasteiger partial charge in [0, 0.05) is 41.4 Å². The number of benzene rings is 2. The fourth-order valence-electron chi connectivity index (χ4n) is 5.00. The Bertz CT molecular complexity index is 988. The first-order chi connectivity index (χ1) is 15.8. The molecular weight excluding hydrogens is 456 g/mol. The van der Waals surface area contributed by atoms with Gasteiger partial charge < -0.3 is 15.3 Å². The highest BCUT2D eigenvalue weighted by molar-refractivity contribution is 7.98. The first-order valence-electron chi connectivity index (χ1n) is 11.5. The van der Waals surface area contributed by atoms with E-state index >= 15 is 0 Å². The van der Waals surface area contributed by atoms with Gasteiger partial charge in [-0.2, -0.15) is 0 Å². The number of aliphatic hydroxyl groups is 1. The van der Waals surface area contributed by atoms with Crippen molar-refractivity contribution >= 4 is 35.2 Å². The van der Waals surface area contributed by atoms with E-state index in [1.807, 2.05) is 17.0 Å². The number of piperidine rings is 1. The standard InChI is InChI=1S/C26H31ClN2O3S/c1-33-22-8-2-19(3-9-22)18-25(12-10-23(30)28-25)13-11-24(31)29-16-14-26(32,15-17-29)20-4-6-21(27)7-5-20/h2-9,32H,10-18H2,1H3,(H,28,30)/t25-/m0/s1. The number of hydrogen-bond donors (Lipinski definition) is 2. The number of thioether (sulfide) groups is 1. The van der Waals surface area contributed by atoms with E-state index in [1.165, 1.54) is 10.5 Å². The molecule has 5 nitrogen and oxygen atoms in total. The highest BCUT2D eigenvalue weighted by Crippen LogP contribution is 2.35. The van der Waals surface area contributed by atoms with Crippen molar-refractivity contribution < 1.29 is 14.7 Å². The molecule has 33 heavy (non-hydrogen) atoms. The van der Waals surface area contributed by atoms with Gasteiger partial charge in [-0.15, -0.1) is 11.8 Å². The highest BCUT2D eigenvalue weighted by atomic mass is 35.5. The average molecular weight is 487 g/mol. The molecule has 0 saturated carbocycles. The summed E-state index contributed by atoms with van der Waals surface area (Å²) in [6.07, 6.45) is 6.07. The second-order valence-corrected chi connectivity index (χ2v) is 10.6. The molecule has 2 aliphatic rings. The van der Waals surface area contributed by atoms with Crippen molar-refractivity contribution in [3.63, 3.8) is 0 Å². The molecular formula is C26H31ClN2O3S. The molecule has 0 aliphatic carbocycles. The summed E-state index contributed by atoms with van der Waals surface area (Å²) < 4.78 is 0. The first kappa shape index (κ1) is 24.1. The summed E-state index contributed by atoms with van der Waals surface area (Å²) in [4.78, 5) is 28.2. The highest BCUT2D eigenvalue weighted by Gasteiger charge is 2.39. The molecule has 2 amide bonds. The van der Waals surface area contributed by atoms with Crippen LogP contribution in [-0.2, 0) is 21.6 Å². The van der Waals surface area contributed by atoms with Crippen LogP contribution in [0.3, 0.4) is 0 Å². The van der Waals surface area contributed by atoms with E-state index in [1.54, 1.807) is 23.9 Å². The molecule has 2 fully saturated rings. The van der Waals surface area contributed by atoms with Crippen molar-refractivity contribution in [3.05, 3.63) is 64.7 Å². The van der Waals surface area contributed by atoms with E-state index in [2.05, 4.69) is 35.8 Å². The van der Waals surface area contributed by atoms with Gasteiger partial charge in [0.05, 0.1) is 5.60 Å². The van der Waals surface area contributed by atoms with Gasteiger partial charge in [0.25, 0.3) is 0 Å². The molecule has 1 atom stereocenters. The van der Waals surface area contributed by atoms with E-state index in [-0.39, 0.29) is 17.4 Å². The fraction of sp³-hybridized carbons (Fsp3) is 0.462. The third-order valence-corrected chi connectivity index (χ3v) is 8.07. The lowest BCUT2D eigenvalue weighted by molar-refractivity contribution is -0.136. The van der Waals surface area contributed by atoms with Crippen LogP contribution in [0.5, 0.6) is 0 Å². The predicted octanol–water partition coefficient (Wildman–Crippen LogP) is 4.54. The molecule has 176 valence electrons. The molecule has 0 unspecified atom stereocenters. The van der Waals surface area contributed by atoms with Gasteiger partial charge in [0.2, 0.25) is 11.8 Å². The maximum absolute atomic E-state index is 13.0. The summed E-state index contributed by atoms with van der Waals surface area (Å²) in [5.74, 6) is 0.153. The minimum Gasteiger partial charge on any atom is -0.385 e. The van der Waals surface area contributed by atoms with Crippen LogP contribution in [0.25, 0.3) is 0 Å². The Hall–Kier alpha value is -2.02. The van der Waals surface area contributed by atoms with Crippen LogP contribution in [0, 0.1) is 0 Å². The number of nitrogens with zero attached hydrogens (tertiary/aromatic N) is 1. The van der Waals surface area contributed by atoms with Gasteiger partial charge in [-0.05, 0) is 73.8 Å². The van der Waals surface area contributed by atoms with Gasteiger partial charge in [-0.1, -0.05) is 35.9 Å². The number of likely N-dealkylation sites (tertiary alicyclic amines) is 1. The molecule has 4 rings (SSSR count). The van der Waals surface area contributed by atoms with Gasteiger partial charge >= 0.3 is 0 Å². The van der Waals surface area contributed by atoms with Crippen LogP contribution in [0.1, 0.15) is 49.7 Å². The predicted molar refractivity (Wildman–Crippen MR) is 132 cm³/mol. The minimum absolute atomic E-state index is 0.0641. The van der Waals surface area contributed by atoms with Crippen LogP contribution in [-0.4, -0.2) is 46.7 Å². The summed E-state index contributed by atoms with van der Waals surface area (Å²) in [6.45, 7) is 1.04. The summed E-state index contributed by atoms with van der Waals surface area (Å²) in [5, 5.41) is 14.9. The maximum atomic E-state index is 13.0. The Labute approximate surface area is 204 Å². The van der Waals surface area contributed by atoms with Crippen LogP contribution in [0.15, 0.2) is 53.4 Å². The lowest BCUT2D eigenvalue weighted by atomic mass is 9.83. The summed E-state index contributed by atoms with van der Waals surface area (Å²) in [6, 6.07) is 15.7. The molecule has 2 heterocycles. The van der Waals surface area contributed by atoms with Crippen LogP contribution >= 0.6 is 23.4 Å². The zero-order chi connectivity index (χ0) is 23.5. The second-order valence-electron chi connectivity index (χ2n) is 9.27. The van der Waals surface area contributed by atoms with E-state index < -0.39 is 5.60 Å². The zero-order valence-corrected chi connectivity index (χ0v) is 20.6. The molecule has 2 aliphatic heterocycles. The van der Waals surface area contributed by atoms with Gasteiger partial charge in [0.15, 0.2) is 0 Å². The third-order valence-electron chi connectivity index (χ3n) is 7.08. The quantitative estimate of drug-likeness (QED) is 0.563. The van der Waals surface area contributed by atoms with E-state index in [4.69, 9.17) is 11.6 Å². The second kappa shape index (κ2) is 10.1. The Morgan fingerprint density at radius 1 is 1.09 bits per heavy atom. The smallest absolute Gasteiger partial charge is 0.222 e. The first-order valence-corrected chi connectivity index (χ1v) is 13.1. The van der Waals surface area contributed by atoms with Crippen LogP contribution < -0.4 is 5.32 Å². The fourth-order valence-corrected chi connectivity index (χ4v) is 5.53. The third kappa shape index (κ3) is 5.73. The minimum atomic E-state index is -0.926. The molecule has 2 saturated heterocycles. The topological polar surface area (TPSA) is 69.6 Å². The number of hydrogen-bond acceptors (Lipinski definition) is 4.